The number of benzene rings is 1. The zero-order valence-electron chi connectivity index (χ0n) is 15.8. The fraction of sp³-hybridized carbons (Fsp3) is 0.273. The number of halogens is 1. The third kappa shape index (κ3) is 4.39. The molecular weight excluding hydrogens is 371 g/mol. The number of hydrogen-bond donors (Lipinski definition) is 1. The second-order valence-corrected chi connectivity index (χ2v) is 7.15. The van der Waals surface area contributed by atoms with Gasteiger partial charge in [-0.25, -0.2) is 9.37 Å². The molecule has 1 aliphatic rings. The van der Waals surface area contributed by atoms with E-state index in [4.69, 9.17) is 0 Å². The van der Waals surface area contributed by atoms with Crippen molar-refractivity contribution >= 4 is 5.91 Å². The summed E-state index contributed by atoms with van der Waals surface area (Å²) in [4.78, 5) is 38.0. The SMILES string of the molecule is O=C(CCc1ccccc1F)N1CCC(c2cc(=O)[nH]c(-c3ccccn3)n2)C1. The first-order valence-electron chi connectivity index (χ1n) is 9.64. The summed E-state index contributed by atoms with van der Waals surface area (Å²) in [7, 11) is 0. The Morgan fingerprint density at radius 2 is 2.03 bits per heavy atom. The summed E-state index contributed by atoms with van der Waals surface area (Å²) in [6.45, 7) is 1.11. The molecule has 0 aliphatic carbocycles. The van der Waals surface area contributed by atoms with E-state index in [1.807, 2.05) is 6.07 Å². The third-order valence-electron chi connectivity index (χ3n) is 5.19. The van der Waals surface area contributed by atoms with E-state index in [1.165, 1.54) is 12.1 Å². The maximum absolute atomic E-state index is 13.7. The van der Waals surface area contributed by atoms with Gasteiger partial charge in [-0.05, 0) is 36.6 Å². The van der Waals surface area contributed by atoms with E-state index in [2.05, 4.69) is 15.0 Å². The lowest BCUT2D eigenvalue weighted by molar-refractivity contribution is -0.130. The lowest BCUT2D eigenvalue weighted by Crippen LogP contribution is -2.29. The van der Waals surface area contributed by atoms with Crippen molar-refractivity contribution in [2.24, 2.45) is 0 Å². The number of rotatable bonds is 5. The lowest BCUT2D eigenvalue weighted by Gasteiger charge is -2.16. The Hall–Kier alpha value is -3.35. The Kier molecular flexibility index (Phi) is 5.46. The summed E-state index contributed by atoms with van der Waals surface area (Å²) >= 11 is 0. The van der Waals surface area contributed by atoms with Crippen molar-refractivity contribution in [3.63, 3.8) is 0 Å². The molecule has 1 saturated heterocycles. The molecule has 1 unspecified atom stereocenters. The van der Waals surface area contributed by atoms with Crippen molar-refractivity contribution in [1.29, 1.82) is 0 Å². The second-order valence-electron chi connectivity index (χ2n) is 7.15. The van der Waals surface area contributed by atoms with E-state index in [-0.39, 0.29) is 29.6 Å². The molecule has 6 nitrogen and oxygen atoms in total. The summed E-state index contributed by atoms with van der Waals surface area (Å²) in [5.41, 5.74) is 1.58. The van der Waals surface area contributed by atoms with Crippen LogP contribution >= 0.6 is 0 Å². The largest absolute Gasteiger partial charge is 0.342 e. The molecule has 0 saturated carbocycles. The van der Waals surface area contributed by atoms with Crippen LogP contribution in [0.15, 0.2) is 59.5 Å². The Labute approximate surface area is 167 Å². The van der Waals surface area contributed by atoms with Crippen LogP contribution in [0.3, 0.4) is 0 Å². The minimum absolute atomic E-state index is 0.00262. The number of pyridine rings is 1. The highest BCUT2D eigenvalue weighted by Crippen LogP contribution is 2.26. The van der Waals surface area contributed by atoms with Gasteiger partial charge in [0.1, 0.15) is 11.5 Å². The molecule has 4 rings (SSSR count). The number of nitrogens with zero attached hydrogens (tertiary/aromatic N) is 3. The predicted octanol–water partition coefficient (Wildman–Crippen LogP) is 2.92. The van der Waals surface area contributed by atoms with Gasteiger partial charge in [0, 0.05) is 37.7 Å². The molecule has 3 heterocycles. The highest BCUT2D eigenvalue weighted by atomic mass is 19.1. The molecule has 1 aliphatic heterocycles. The molecule has 1 N–H and O–H groups in total. The molecule has 1 fully saturated rings. The van der Waals surface area contributed by atoms with E-state index in [0.717, 1.165) is 6.42 Å². The van der Waals surface area contributed by atoms with Crippen molar-refractivity contribution < 1.29 is 9.18 Å². The number of hydrogen-bond acceptors (Lipinski definition) is 4. The molecule has 29 heavy (non-hydrogen) atoms. The molecule has 0 spiro atoms. The number of carbonyl (C=O) groups excluding carboxylic acids is 1. The lowest BCUT2D eigenvalue weighted by atomic mass is 10.0. The minimum Gasteiger partial charge on any atom is -0.342 e. The van der Waals surface area contributed by atoms with Gasteiger partial charge in [0.2, 0.25) is 5.91 Å². The molecule has 0 bridgehead atoms. The van der Waals surface area contributed by atoms with Gasteiger partial charge >= 0.3 is 0 Å². The van der Waals surface area contributed by atoms with E-state index < -0.39 is 0 Å². The molecular formula is C22H21FN4O2. The number of nitrogens with one attached hydrogen (secondary N) is 1. The zero-order valence-corrected chi connectivity index (χ0v) is 15.8. The number of aromatic nitrogens is 3. The summed E-state index contributed by atoms with van der Waals surface area (Å²) < 4.78 is 13.7. The standard InChI is InChI=1S/C22H21FN4O2/c23-17-6-2-1-5-15(17)8-9-21(29)27-12-10-16(14-27)19-13-20(28)26-22(25-19)18-7-3-4-11-24-18/h1-7,11,13,16H,8-10,12,14H2,(H,25,26,28). The monoisotopic (exact) mass is 392 g/mol. The van der Waals surface area contributed by atoms with Gasteiger partial charge in [-0.1, -0.05) is 24.3 Å². The van der Waals surface area contributed by atoms with Crippen molar-refractivity contribution in [3.8, 4) is 11.5 Å². The van der Waals surface area contributed by atoms with Gasteiger partial charge in [-0.3, -0.25) is 14.6 Å². The van der Waals surface area contributed by atoms with Crippen LogP contribution in [0.2, 0.25) is 0 Å². The van der Waals surface area contributed by atoms with Crippen LogP contribution < -0.4 is 5.56 Å². The fourth-order valence-electron chi connectivity index (χ4n) is 3.64. The Bertz CT molecular complexity index is 1070. The van der Waals surface area contributed by atoms with Gasteiger partial charge in [0.25, 0.3) is 5.56 Å². The van der Waals surface area contributed by atoms with Gasteiger partial charge in [-0.2, -0.15) is 0 Å². The Morgan fingerprint density at radius 3 is 2.83 bits per heavy atom. The molecule has 1 amide bonds. The average molecular weight is 392 g/mol. The van der Waals surface area contributed by atoms with Crippen LogP contribution in [-0.2, 0) is 11.2 Å². The van der Waals surface area contributed by atoms with Gasteiger partial charge in [0.15, 0.2) is 5.82 Å². The third-order valence-corrected chi connectivity index (χ3v) is 5.19. The molecule has 0 radical (unpaired) electrons. The quantitative estimate of drug-likeness (QED) is 0.724. The molecule has 1 aromatic carbocycles. The zero-order chi connectivity index (χ0) is 20.2. The minimum atomic E-state index is -0.283. The fourth-order valence-corrected chi connectivity index (χ4v) is 3.64. The van der Waals surface area contributed by atoms with Crippen molar-refractivity contribution in [3.05, 3.63) is 82.2 Å². The maximum Gasteiger partial charge on any atom is 0.251 e. The molecule has 1 atom stereocenters. The smallest absolute Gasteiger partial charge is 0.251 e. The van der Waals surface area contributed by atoms with E-state index in [9.17, 15) is 14.0 Å². The number of H-pyrrole nitrogens is 1. The number of aromatic amines is 1. The number of carbonyl (C=O) groups is 1. The highest BCUT2D eigenvalue weighted by Gasteiger charge is 2.28. The van der Waals surface area contributed by atoms with Crippen molar-refractivity contribution in [2.75, 3.05) is 13.1 Å². The van der Waals surface area contributed by atoms with Gasteiger partial charge in [-0.15, -0.1) is 0 Å². The first-order valence-corrected chi connectivity index (χ1v) is 9.64. The van der Waals surface area contributed by atoms with Crippen LogP contribution in [0.1, 0.15) is 30.0 Å². The van der Waals surface area contributed by atoms with Crippen LogP contribution in [-0.4, -0.2) is 38.8 Å². The topological polar surface area (TPSA) is 79.0 Å². The summed E-state index contributed by atoms with van der Waals surface area (Å²) in [6.07, 6.45) is 3.02. The number of amides is 1. The highest BCUT2D eigenvalue weighted by molar-refractivity contribution is 5.76. The first kappa shape index (κ1) is 19.0. The number of aryl methyl sites for hydroxylation is 1. The van der Waals surface area contributed by atoms with Crippen LogP contribution in [0.5, 0.6) is 0 Å². The average Bonchev–Trinajstić information content (AvgIpc) is 3.24. The van der Waals surface area contributed by atoms with Gasteiger partial charge < -0.3 is 9.88 Å². The first-order chi connectivity index (χ1) is 14.1. The van der Waals surface area contributed by atoms with Crippen molar-refractivity contribution in [1.82, 2.24) is 19.9 Å². The second kappa shape index (κ2) is 8.34. The number of likely N-dealkylation sites (tertiary alicyclic amines) is 1. The van der Waals surface area contributed by atoms with E-state index in [0.29, 0.717) is 42.3 Å². The van der Waals surface area contributed by atoms with Crippen LogP contribution in [0.4, 0.5) is 4.39 Å². The summed E-state index contributed by atoms with van der Waals surface area (Å²) in [5, 5.41) is 0. The van der Waals surface area contributed by atoms with Crippen LogP contribution in [0.25, 0.3) is 11.5 Å². The normalized spacial score (nSPS) is 16.2. The molecule has 7 heteroatoms. The Morgan fingerprint density at radius 1 is 1.21 bits per heavy atom. The van der Waals surface area contributed by atoms with Gasteiger partial charge in [0.05, 0.1) is 5.69 Å². The summed E-state index contributed by atoms with van der Waals surface area (Å²) in [5.74, 6) is 0.134. The molecule has 2 aromatic heterocycles. The van der Waals surface area contributed by atoms with Crippen LogP contribution in [0, 0.1) is 5.82 Å². The Balaban J connectivity index is 1.43. The summed E-state index contributed by atoms with van der Waals surface area (Å²) in [6, 6.07) is 13.4. The molecule has 148 valence electrons. The predicted molar refractivity (Wildman–Crippen MR) is 107 cm³/mol. The van der Waals surface area contributed by atoms with E-state index in [1.54, 1.807) is 41.4 Å². The van der Waals surface area contributed by atoms with Crippen molar-refractivity contribution in [2.45, 2.75) is 25.2 Å². The molecule has 3 aromatic rings. The van der Waals surface area contributed by atoms with E-state index >= 15 is 0 Å². The maximum atomic E-state index is 13.7.